The monoisotopic (exact) mass is 419 g/mol. The van der Waals surface area contributed by atoms with Crippen LogP contribution in [0.2, 0.25) is 0 Å². The Kier molecular flexibility index (Phi) is 5.41. The van der Waals surface area contributed by atoms with Crippen molar-refractivity contribution in [2.45, 2.75) is 13.1 Å². The van der Waals surface area contributed by atoms with Crippen molar-refractivity contribution in [3.05, 3.63) is 114 Å². The van der Waals surface area contributed by atoms with E-state index in [1.54, 1.807) is 18.6 Å². The number of rotatable bonds is 6. The highest BCUT2D eigenvalue weighted by atomic mass is 16.1. The summed E-state index contributed by atoms with van der Waals surface area (Å²) in [6.07, 6.45) is 5.23. The quantitative estimate of drug-likeness (QED) is 0.441. The van der Waals surface area contributed by atoms with Crippen molar-refractivity contribution in [3.8, 4) is 11.3 Å². The first-order valence-electron chi connectivity index (χ1n) is 10.4. The average Bonchev–Trinajstić information content (AvgIpc) is 3.26. The summed E-state index contributed by atoms with van der Waals surface area (Å²) in [5, 5.41) is 8.30. The minimum absolute atomic E-state index is 0.151. The van der Waals surface area contributed by atoms with Gasteiger partial charge in [0.1, 0.15) is 0 Å². The number of amides is 1. The lowest BCUT2D eigenvalue weighted by Crippen LogP contribution is -2.23. The van der Waals surface area contributed by atoms with Crippen molar-refractivity contribution in [2.24, 2.45) is 0 Å². The van der Waals surface area contributed by atoms with Crippen molar-refractivity contribution in [1.29, 1.82) is 0 Å². The molecule has 0 saturated heterocycles. The van der Waals surface area contributed by atoms with Crippen molar-refractivity contribution in [3.63, 3.8) is 0 Å². The standard InChI is InChI=1S/C26H21N5O/c32-26(28-16-19-7-3-1-4-8-19)22-15-24(21-9-5-2-6-10-21)30-25-23(22)17-29-31(25)18-20-11-13-27-14-12-20/h1-15,17H,16,18H2,(H,28,32). The van der Waals surface area contributed by atoms with E-state index in [0.29, 0.717) is 24.3 Å². The fourth-order valence-electron chi connectivity index (χ4n) is 3.64. The molecule has 0 radical (unpaired) electrons. The number of pyridine rings is 2. The smallest absolute Gasteiger partial charge is 0.252 e. The van der Waals surface area contributed by atoms with E-state index >= 15 is 0 Å². The minimum atomic E-state index is -0.151. The molecule has 2 aromatic carbocycles. The van der Waals surface area contributed by atoms with Crippen LogP contribution in [0.1, 0.15) is 21.5 Å². The van der Waals surface area contributed by atoms with Gasteiger partial charge in [-0.05, 0) is 29.3 Å². The molecule has 0 spiro atoms. The summed E-state index contributed by atoms with van der Waals surface area (Å²) in [5.41, 5.74) is 5.02. The summed E-state index contributed by atoms with van der Waals surface area (Å²) in [4.78, 5) is 22.1. The van der Waals surface area contributed by atoms with Gasteiger partial charge in [0.15, 0.2) is 5.65 Å². The molecule has 5 rings (SSSR count). The Hall–Kier alpha value is -4.32. The summed E-state index contributed by atoms with van der Waals surface area (Å²) >= 11 is 0. The molecule has 6 heteroatoms. The van der Waals surface area contributed by atoms with Gasteiger partial charge in [-0.2, -0.15) is 5.10 Å². The Morgan fingerprint density at radius 2 is 1.59 bits per heavy atom. The van der Waals surface area contributed by atoms with E-state index in [9.17, 15) is 4.79 Å². The molecular formula is C26H21N5O. The molecule has 1 N–H and O–H groups in total. The molecule has 0 aliphatic carbocycles. The molecule has 0 unspecified atom stereocenters. The maximum absolute atomic E-state index is 13.2. The van der Waals surface area contributed by atoms with Gasteiger partial charge in [0.2, 0.25) is 0 Å². The van der Waals surface area contributed by atoms with Gasteiger partial charge >= 0.3 is 0 Å². The third kappa shape index (κ3) is 4.11. The van der Waals surface area contributed by atoms with Crippen molar-refractivity contribution >= 4 is 16.9 Å². The number of carbonyl (C=O) groups is 1. The van der Waals surface area contributed by atoms with Crippen LogP contribution in [-0.2, 0) is 13.1 Å². The van der Waals surface area contributed by atoms with Gasteiger partial charge in [0.05, 0.1) is 29.4 Å². The van der Waals surface area contributed by atoms with Gasteiger partial charge in [0, 0.05) is 24.5 Å². The number of hydrogen-bond donors (Lipinski definition) is 1. The number of nitrogens with one attached hydrogen (secondary N) is 1. The summed E-state index contributed by atoms with van der Waals surface area (Å²) in [6.45, 7) is 0.998. The van der Waals surface area contributed by atoms with Crippen molar-refractivity contribution < 1.29 is 4.79 Å². The molecule has 32 heavy (non-hydrogen) atoms. The van der Waals surface area contributed by atoms with Crippen LogP contribution in [0.4, 0.5) is 0 Å². The number of benzene rings is 2. The second-order valence-corrected chi connectivity index (χ2v) is 7.48. The highest BCUT2D eigenvalue weighted by Crippen LogP contribution is 2.25. The minimum Gasteiger partial charge on any atom is -0.348 e. The summed E-state index contributed by atoms with van der Waals surface area (Å²) in [5.74, 6) is -0.151. The maximum atomic E-state index is 13.2. The zero-order chi connectivity index (χ0) is 21.8. The second kappa shape index (κ2) is 8.81. The van der Waals surface area contributed by atoms with Crippen LogP contribution in [0, 0.1) is 0 Å². The van der Waals surface area contributed by atoms with Gasteiger partial charge in [-0.3, -0.25) is 9.78 Å². The fraction of sp³-hybridized carbons (Fsp3) is 0.0769. The van der Waals surface area contributed by atoms with Crippen LogP contribution in [0.15, 0.2) is 97.5 Å². The molecule has 3 heterocycles. The van der Waals surface area contributed by atoms with Crippen molar-refractivity contribution in [2.75, 3.05) is 0 Å². The largest absolute Gasteiger partial charge is 0.348 e. The molecular weight excluding hydrogens is 398 g/mol. The van der Waals surface area contributed by atoms with E-state index in [1.165, 1.54) is 0 Å². The molecule has 3 aromatic heterocycles. The highest BCUT2D eigenvalue weighted by Gasteiger charge is 2.17. The molecule has 0 bridgehead atoms. The number of hydrogen-bond acceptors (Lipinski definition) is 4. The van der Waals surface area contributed by atoms with Gasteiger partial charge < -0.3 is 5.32 Å². The predicted molar refractivity (Wildman–Crippen MR) is 124 cm³/mol. The first kappa shape index (κ1) is 19.6. The lowest BCUT2D eigenvalue weighted by atomic mass is 10.1. The normalized spacial score (nSPS) is 10.9. The topological polar surface area (TPSA) is 72.7 Å². The number of fused-ring (bicyclic) bond motifs is 1. The third-order valence-corrected chi connectivity index (χ3v) is 5.30. The predicted octanol–water partition coefficient (Wildman–Crippen LogP) is 4.47. The average molecular weight is 419 g/mol. The molecule has 0 aliphatic heterocycles. The SMILES string of the molecule is O=C(NCc1ccccc1)c1cc(-c2ccccc2)nc2c1cnn2Cc1ccncc1. The molecule has 6 nitrogen and oxygen atoms in total. The lowest BCUT2D eigenvalue weighted by molar-refractivity contribution is 0.0952. The Morgan fingerprint density at radius 1 is 0.875 bits per heavy atom. The zero-order valence-corrected chi connectivity index (χ0v) is 17.3. The van der Waals surface area contributed by atoms with Gasteiger partial charge in [0.25, 0.3) is 5.91 Å². The van der Waals surface area contributed by atoms with Crippen LogP contribution < -0.4 is 5.32 Å². The van der Waals surface area contributed by atoms with Gasteiger partial charge in [-0.25, -0.2) is 9.67 Å². The number of nitrogens with zero attached hydrogens (tertiary/aromatic N) is 4. The molecule has 156 valence electrons. The van der Waals surface area contributed by atoms with Gasteiger partial charge in [-0.1, -0.05) is 60.7 Å². The number of aromatic nitrogens is 4. The third-order valence-electron chi connectivity index (χ3n) is 5.30. The van der Waals surface area contributed by atoms with E-state index in [0.717, 1.165) is 27.8 Å². The van der Waals surface area contributed by atoms with Crippen LogP contribution in [0.5, 0.6) is 0 Å². The summed E-state index contributed by atoms with van der Waals surface area (Å²) < 4.78 is 1.82. The lowest BCUT2D eigenvalue weighted by Gasteiger charge is -2.10. The van der Waals surface area contributed by atoms with E-state index in [4.69, 9.17) is 4.98 Å². The molecule has 5 aromatic rings. The Balaban J connectivity index is 1.55. The molecule has 0 saturated carbocycles. The van der Waals surface area contributed by atoms with Crippen LogP contribution >= 0.6 is 0 Å². The molecule has 1 amide bonds. The fourth-order valence-corrected chi connectivity index (χ4v) is 3.64. The van der Waals surface area contributed by atoms with E-state index in [-0.39, 0.29) is 5.91 Å². The van der Waals surface area contributed by atoms with Crippen molar-refractivity contribution in [1.82, 2.24) is 25.1 Å². The Morgan fingerprint density at radius 3 is 2.34 bits per heavy atom. The highest BCUT2D eigenvalue weighted by molar-refractivity contribution is 6.06. The molecule has 0 aliphatic rings. The zero-order valence-electron chi connectivity index (χ0n) is 17.3. The Labute approximate surface area is 185 Å². The summed E-state index contributed by atoms with van der Waals surface area (Å²) in [6, 6.07) is 25.5. The Bertz CT molecular complexity index is 1350. The second-order valence-electron chi connectivity index (χ2n) is 7.48. The number of carbonyl (C=O) groups excluding carboxylic acids is 1. The molecule has 0 atom stereocenters. The van der Waals surface area contributed by atoms with E-state index in [1.807, 2.05) is 83.5 Å². The first-order valence-corrected chi connectivity index (χ1v) is 10.4. The summed E-state index contributed by atoms with van der Waals surface area (Å²) in [7, 11) is 0. The van der Waals surface area contributed by atoms with E-state index < -0.39 is 0 Å². The van der Waals surface area contributed by atoms with E-state index in [2.05, 4.69) is 15.4 Å². The van der Waals surface area contributed by atoms with Crippen LogP contribution in [-0.4, -0.2) is 25.7 Å². The van der Waals surface area contributed by atoms with Crippen LogP contribution in [0.25, 0.3) is 22.3 Å². The first-order chi connectivity index (χ1) is 15.8. The van der Waals surface area contributed by atoms with Crippen LogP contribution in [0.3, 0.4) is 0 Å². The molecule has 0 fully saturated rings. The van der Waals surface area contributed by atoms with Gasteiger partial charge in [-0.15, -0.1) is 0 Å². The maximum Gasteiger partial charge on any atom is 0.252 e.